The van der Waals surface area contributed by atoms with Gasteiger partial charge in [-0.2, -0.15) is 0 Å². The van der Waals surface area contributed by atoms with Gasteiger partial charge < -0.3 is 15.4 Å². The van der Waals surface area contributed by atoms with E-state index in [2.05, 4.69) is 33.2 Å². The molecule has 0 atom stereocenters. The Labute approximate surface area is 160 Å². The second-order valence-corrected chi connectivity index (χ2v) is 7.33. The van der Waals surface area contributed by atoms with Crippen LogP contribution in [0.3, 0.4) is 0 Å². The van der Waals surface area contributed by atoms with E-state index >= 15 is 0 Å². The van der Waals surface area contributed by atoms with Crippen LogP contribution in [0, 0.1) is 16.4 Å². The van der Waals surface area contributed by atoms with Gasteiger partial charge in [0.15, 0.2) is 6.61 Å². The van der Waals surface area contributed by atoms with E-state index in [1.165, 1.54) is 0 Å². The minimum Gasteiger partial charge on any atom is -0.484 e. The molecule has 0 unspecified atom stereocenters. The van der Waals surface area contributed by atoms with Crippen LogP contribution in [0.15, 0.2) is 42.5 Å². The monoisotopic (exact) mass is 450 g/mol. The van der Waals surface area contributed by atoms with Crippen molar-refractivity contribution in [1.29, 1.82) is 0 Å². The van der Waals surface area contributed by atoms with E-state index in [1.807, 2.05) is 31.2 Å². The van der Waals surface area contributed by atoms with Crippen molar-refractivity contribution in [2.24, 2.45) is 5.92 Å². The number of amides is 2. The smallest absolute Gasteiger partial charge is 0.262 e. The summed E-state index contributed by atoms with van der Waals surface area (Å²) in [7, 11) is 0. The summed E-state index contributed by atoms with van der Waals surface area (Å²) in [6.45, 7) is 1.86. The minimum atomic E-state index is -0.225. The molecule has 3 rings (SSSR count). The molecule has 1 fully saturated rings. The predicted molar refractivity (Wildman–Crippen MR) is 106 cm³/mol. The van der Waals surface area contributed by atoms with E-state index in [9.17, 15) is 9.59 Å². The lowest BCUT2D eigenvalue weighted by molar-refractivity contribution is -0.118. The number of halogens is 1. The molecule has 2 aromatic carbocycles. The maximum atomic E-state index is 12.1. The molecule has 0 aliphatic heterocycles. The Balaban J connectivity index is 1.53. The molecule has 0 spiro atoms. The molecule has 0 saturated heterocycles. The van der Waals surface area contributed by atoms with Gasteiger partial charge >= 0.3 is 0 Å². The molecule has 0 bridgehead atoms. The number of rotatable bonds is 6. The van der Waals surface area contributed by atoms with Crippen LogP contribution < -0.4 is 15.4 Å². The number of anilines is 2. The summed E-state index contributed by atoms with van der Waals surface area (Å²) in [5.74, 6) is 0.511. The highest BCUT2D eigenvalue weighted by atomic mass is 127. The lowest BCUT2D eigenvalue weighted by Crippen LogP contribution is -2.20. The third kappa shape index (κ3) is 5.19. The molecule has 2 N–H and O–H groups in total. The molecule has 2 amide bonds. The van der Waals surface area contributed by atoms with E-state index in [1.54, 1.807) is 18.2 Å². The minimum absolute atomic E-state index is 0.0454. The number of hydrogen-bond acceptors (Lipinski definition) is 3. The molecule has 0 radical (unpaired) electrons. The van der Waals surface area contributed by atoms with Gasteiger partial charge in [-0.1, -0.05) is 6.07 Å². The van der Waals surface area contributed by atoms with Crippen LogP contribution in [0.5, 0.6) is 5.75 Å². The predicted octanol–water partition coefficient (Wildman–Crippen LogP) is 3.97. The van der Waals surface area contributed by atoms with Crippen molar-refractivity contribution in [2.75, 3.05) is 17.2 Å². The molecule has 1 aliphatic rings. The van der Waals surface area contributed by atoms with Crippen molar-refractivity contribution < 1.29 is 14.3 Å². The van der Waals surface area contributed by atoms with Gasteiger partial charge in [-0.05, 0) is 78.3 Å². The van der Waals surface area contributed by atoms with E-state index in [-0.39, 0.29) is 24.3 Å². The molecule has 25 heavy (non-hydrogen) atoms. The second kappa shape index (κ2) is 7.86. The molecule has 0 aromatic heterocycles. The summed E-state index contributed by atoms with van der Waals surface area (Å²) in [6.07, 6.45) is 1.92. The first-order valence-corrected chi connectivity index (χ1v) is 9.19. The Morgan fingerprint density at radius 2 is 1.96 bits per heavy atom. The molecule has 0 heterocycles. The highest BCUT2D eigenvalue weighted by molar-refractivity contribution is 14.1. The first-order chi connectivity index (χ1) is 12.0. The Kier molecular flexibility index (Phi) is 5.57. The first kappa shape index (κ1) is 17.7. The Hall–Kier alpha value is -2.09. The van der Waals surface area contributed by atoms with Crippen molar-refractivity contribution in [3.63, 3.8) is 0 Å². The molecule has 1 saturated carbocycles. The summed E-state index contributed by atoms with van der Waals surface area (Å²) in [5.41, 5.74) is 2.47. The third-order valence-corrected chi connectivity index (χ3v) is 4.55. The molecule has 130 valence electrons. The normalized spacial score (nSPS) is 13.2. The fourth-order valence-electron chi connectivity index (χ4n) is 2.36. The lowest BCUT2D eigenvalue weighted by atomic mass is 10.2. The summed E-state index contributed by atoms with van der Waals surface area (Å²) in [5, 5.41) is 5.70. The molecule has 1 aliphatic carbocycles. The van der Waals surface area contributed by atoms with Crippen molar-refractivity contribution >= 4 is 45.8 Å². The molecule has 6 heteroatoms. The molecular formula is C19H19IN2O3. The summed E-state index contributed by atoms with van der Waals surface area (Å²) < 4.78 is 6.66. The quantitative estimate of drug-likeness (QED) is 0.655. The number of carbonyl (C=O) groups excluding carboxylic acids is 2. The number of hydrogen-bond donors (Lipinski definition) is 2. The fraction of sp³-hybridized carbons (Fsp3) is 0.263. The Morgan fingerprint density at radius 3 is 2.68 bits per heavy atom. The van der Waals surface area contributed by atoms with Gasteiger partial charge in [0, 0.05) is 26.9 Å². The van der Waals surface area contributed by atoms with E-state index in [0.29, 0.717) is 11.4 Å². The van der Waals surface area contributed by atoms with Crippen LogP contribution in [0.2, 0.25) is 0 Å². The molecule has 2 aromatic rings. The zero-order valence-electron chi connectivity index (χ0n) is 13.8. The molecular weight excluding hydrogens is 431 g/mol. The van der Waals surface area contributed by atoms with Crippen molar-refractivity contribution in [1.82, 2.24) is 0 Å². The maximum absolute atomic E-state index is 12.1. The number of ether oxygens (including phenoxy) is 1. The van der Waals surface area contributed by atoms with E-state index in [0.717, 1.165) is 27.7 Å². The summed E-state index contributed by atoms with van der Waals surface area (Å²) in [4.78, 5) is 23.9. The van der Waals surface area contributed by atoms with Crippen molar-refractivity contribution in [3.05, 3.63) is 51.6 Å². The second-order valence-electron chi connectivity index (χ2n) is 6.09. The van der Waals surface area contributed by atoms with Crippen LogP contribution >= 0.6 is 22.6 Å². The van der Waals surface area contributed by atoms with E-state index < -0.39 is 0 Å². The highest BCUT2D eigenvalue weighted by Crippen LogP contribution is 2.30. The Bertz CT molecular complexity index is 803. The van der Waals surface area contributed by atoms with Gasteiger partial charge in [-0.15, -0.1) is 0 Å². The third-order valence-electron chi connectivity index (χ3n) is 3.88. The zero-order chi connectivity index (χ0) is 17.8. The van der Waals surface area contributed by atoms with Crippen LogP contribution in [0.4, 0.5) is 11.4 Å². The van der Waals surface area contributed by atoms with Gasteiger partial charge in [0.25, 0.3) is 5.91 Å². The van der Waals surface area contributed by atoms with Gasteiger partial charge in [-0.25, -0.2) is 0 Å². The summed E-state index contributed by atoms with van der Waals surface area (Å²) >= 11 is 2.23. The topological polar surface area (TPSA) is 67.4 Å². The highest BCUT2D eigenvalue weighted by Gasteiger charge is 2.29. The van der Waals surface area contributed by atoms with E-state index in [4.69, 9.17) is 4.74 Å². The average molecular weight is 450 g/mol. The number of carbonyl (C=O) groups is 2. The largest absolute Gasteiger partial charge is 0.484 e. The number of benzene rings is 2. The summed E-state index contributed by atoms with van der Waals surface area (Å²) in [6, 6.07) is 12.9. The van der Waals surface area contributed by atoms with Gasteiger partial charge in [0.05, 0.1) is 0 Å². The fourth-order valence-corrected chi connectivity index (χ4v) is 3.00. The van der Waals surface area contributed by atoms with Gasteiger partial charge in [0.1, 0.15) is 5.75 Å². The van der Waals surface area contributed by atoms with Crippen LogP contribution in [0.1, 0.15) is 18.4 Å². The van der Waals surface area contributed by atoms with Crippen LogP contribution in [-0.2, 0) is 9.59 Å². The van der Waals surface area contributed by atoms with Crippen molar-refractivity contribution in [2.45, 2.75) is 19.8 Å². The van der Waals surface area contributed by atoms with Gasteiger partial charge in [0.2, 0.25) is 5.91 Å². The zero-order valence-corrected chi connectivity index (χ0v) is 16.0. The van der Waals surface area contributed by atoms with Crippen LogP contribution in [-0.4, -0.2) is 18.4 Å². The van der Waals surface area contributed by atoms with Crippen LogP contribution in [0.25, 0.3) is 0 Å². The number of nitrogens with one attached hydrogen (secondary N) is 2. The SMILES string of the molecule is Cc1cc(I)ccc1NC(=O)COc1cccc(NC(=O)C2CC2)c1. The number of aryl methyl sites for hydroxylation is 1. The van der Waals surface area contributed by atoms with Gasteiger partial charge in [-0.3, -0.25) is 9.59 Å². The first-order valence-electron chi connectivity index (χ1n) is 8.11. The molecule has 5 nitrogen and oxygen atoms in total. The Morgan fingerprint density at radius 1 is 1.16 bits per heavy atom. The average Bonchev–Trinajstić information content (AvgIpc) is 3.41. The maximum Gasteiger partial charge on any atom is 0.262 e. The standard InChI is InChI=1S/C19H19IN2O3/c1-12-9-14(20)7-8-17(12)22-18(23)11-25-16-4-2-3-15(10-16)21-19(24)13-5-6-13/h2-4,7-10,13H,5-6,11H2,1H3,(H,21,24)(H,22,23). The lowest BCUT2D eigenvalue weighted by Gasteiger charge is -2.11. The van der Waals surface area contributed by atoms with Crippen molar-refractivity contribution in [3.8, 4) is 5.75 Å².